The molecular formula is C24H22F2N4O4. The first-order chi connectivity index (χ1) is 16.3. The number of alkyl halides is 1. The zero-order chi connectivity index (χ0) is 24.0. The van der Waals surface area contributed by atoms with Crippen LogP contribution in [0.25, 0.3) is 0 Å². The minimum absolute atomic E-state index is 0.149. The van der Waals surface area contributed by atoms with Crippen molar-refractivity contribution in [2.75, 3.05) is 0 Å². The summed E-state index contributed by atoms with van der Waals surface area (Å²) in [5, 5.41) is 5.15. The summed E-state index contributed by atoms with van der Waals surface area (Å²) in [7, 11) is 0. The number of hydrogen-bond acceptors (Lipinski definition) is 5. The quantitative estimate of drug-likeness (QED) is 0.654. The Hall–Kier alpha value is -3.69. The summed E-state index contributed by atoms with van der Waals surface area (Å²) in [5.74, 6) is -2.27. The first-order valence-corrected chi connectivity index (χ1v) is 11.1. The first kappa shape index (κ1) is 22.1. The summed E-state index contributed by atoms with van der Waals surface area (Å²) in [5.41, 5.74) is 1.76. The molecule has 3 aliphatic rings. The van der Waals surface area contributed by atoms with E-state index in [2.05, 4.69) is 15.6 Å². The van der Waals surface area contributed by atoms with Crippen LogP contribution in [0.15, 0.2) is 36.5 Å². The van der Waals surface area contributed by atoms with Gasteiger partial charge in [0.05, 0.1) is 17.9 Å². The fraction of sp³-hybridized carbons (Fsp3) is 0.375. The Morgan fingerprint density at radius 2 is 1.97 bits per heavy atom. The zero-order valence-corrected chi connectivity index (χ0v) is 18.1. The van der Waals surface area contributed by atoms with Crippen LogP contribution in [-0.4, -0.2) is 45.7 Å². The minimum Gasteiger partial charge on any atom is -0.343 e. The number of carbonyl (C=O) groups is 4. The maximum absolute atomic E-state index is 13.5. The van der Waals surface area contributed by atoms with E-state index in [1.807, 2.05) is 0 Å². The van der Waals surface area contributed by atoms with Crippen LogP contribution in [0.1, 0.15) is 63.7 Å². The van der Waals surface area contributed by atoms with Crippen LogP contribution < -0.4 is 10.6 Å². The number of carbonyl (C=O) groups excluding carboxylic acids is 4. The molecule has 10 heteroatoms. The molecule has 3 heterocycles. The van der Waals surface area contributed by atoms with Gasteiger partial charge in [-0.3, -0.25) is 29.5 Å². The first-order valence-electron chi connectivity index (χ1n) is 11.1. The lowest BCUT2D eigenvalue weighted by atomic mass is 9.77. The van der Waals surface area contributed by atoms with Gasteiger partial charge in [0.2, 0.25) is 11.8 Å². The number of pyridine rings is 1. The number of rotatable bonds is 5. The van der Waals surface area contributed by atoms with Crippen molar-refractivity contribution in [2.24, 2.45) is 5.92 Å². The smallest absolute Gasteiger partial charge is 0.255 e. The molecule has 34 heavy (non-hydrogen) atoms. The van der Waals surface area contributed by atoms with Gasteiger partial charge >= 0.3 is 0 Å². The van der Waals surface area contributed by atoms with Crippen LogP contribution in [0.3, 0.4) is 0 Å². The van der Waals surface area contributed by atoms with E-state index in [9.17, 15) is 28.0 Å². The SMILES string of the molecule is O=C1CCC(N2Cc3cc(C(=O)N[C@H](c4ccc(F)cn4)C4CC(F)C4)ccc3C2=O)C(=O)N1. The van der Waals surface area contributed by atoms with E-state index in [0.29, 0.717) is 22.4 Å². The average molecular weight is 468 g/mol. The maximum Gasteiger partial charge on any atom is 0.255 e. The van der Waals surface area contributed by atoms with E-state index in [0.717, 1.165) is 6.20 Å². The van der Waals surface area contributed by atoms with Crippen molar-refractivity contribution in [3.63, 3.8) is 0 Å². The highest BCUT2D eigenvalue weighted by Gasteiger charge is 2.40. The average Bonchev–Trinajstić information content (AvgIpc) is 3.11. The number of nitrogens with zero attached hydrogens (tertiary/aromatic N) is 2. The number of piperidine rings is 1. The normalized spacial score (nSPS) is 24.8. The molecule has 2 atom stereocenters. The highest BCUT2D eigenvalue weighted by atomic mass is 19.1. The number of imide groups is 1. The largest absolute Gasteiger partial charge is 0.343 e. The van der Waals surface area contributed by atoms with Crippen molar-refractivity contribution in [1.29, 1.82) is 0 Å². The molecule has 1 saturated heterocycles. The molecule has 1 aromatic carbocycles. The Labute approximate surface area is 193 Å². The van der Waals surface area contributed by atoms with E-state index in [1.54, 1.807) is 12.1 Å². The molecule has 0 spiro atoms. The molecule has 1 unspecified atom stereocenters. The molecule has 1 saturated carbocycles. The van der Waals surface area contributed by atoms with Crippen molar-refractivity contribution in [3.8, 4) is 0 Å². The van der Waals surface area contributed by atoms with Gasteiger partial charge in [-0.1, -0.05) is 0 Å². The van der Waals surface area contributed by atoms with Gasteiger partial charge in [0.15, 0.2) is 0 Å². The fourth-order valence-electron chi connectivity index (χ4n) is 4.80. The van der Waals surface area contributed by atoms with Crippen molar-refractivity contribution >= 4 is 23.6 Å². The molecule has 176 valence electrons. The Balaban J connectivity index is 1.34. The number of halogens is 2. The summed E-state index contributed by atoms with van der Waals surface area (Å²) in [6.45, 7) is 0.149. The predicted molar refractivity (Wildman–Crippen MR) is 115 cm³/mol. The summed E-state index contributed by atoms with van der Waals surface area (Å²) < 4.78 is 26.8. The van der Waals surface area contributed by atoms with E-state index >= 15 is 0 Å². The van der Waals surface area contributed by atoms with Crippen LogP contribution in [0, 0.1) is 11.7 Å². The Bertz CT molecular complexity index is 1180. The zero-order valence-electron chi connectivity index (χ0n) is 18.1. The lowest BCUT2D eigenvalue weighted by molar-refractivity contribution is -0.136. The third kappa shape index (κ3) is 4.04. The Morgan fingerprint density at radius 1 is 1.18 bits per heavy atom. The molecule has 1 aliphatic carbocycles. The molecule has 2 N–H and O–H groups in total. The lowest BCUT2D eigenvalue weighted by Crippen LogP contribution is -2.52. The number of amides is 4. The third-order valence-corrected chi connectivity index (χ3v) is 6.73. The molecule has 2 aliphatic heterocycles. The van der Waals surface area contributed by atoms with Gasteiger partial charge < -0.3 is 10.2 Å². The van der Waals surface area contributed by atoms with Gasteiger partial charge in [0, 0.05) is 24.1 Å². The number of hydrogen-bond donors (Lipinski definition) is 2. The van der Waals surface area contributed by atoms with Crippen LogP contribution in [0.5, 0.6) is 0 Å². The minimum atomic E-state index is -0.936. The van der Waals surface area contributed by atoms with Crippen LogP contribution in [-0.2, 0) is 16.1 Å². The van der Waals surface area contributed by atoms with Gasteiger partial charge in [0.1, 0.15) is 18.0 Å². The number of aromatic nitrogens is 1. The van der Waals surface area contributed by atoms with Crippen LogP contribution in [0.2, 0.25) is 0 Å². The van der Waals surface area contributed by atoms with Gasteiger partial charge in [0.25, 0.3) is 11.8 Å². The van der Waals surface area contributed by atoms with Crippen molar-refractivity contribution < 1.29 is 28.0 Å². The molecule has 0 radical (unpaired) electrons. The highest BCUT2D eigenvalue weighted by Crippen LogP contribution is 2.39. The Morgan fingerprint density at radius 3 is 2.65 bits per heavy atom. The molecule has 8 nitrogen and oxygen atoms in total. The van der Waals surface area contributed by atoms with E-state index in [1.165, 1.54) is 23.1 Å². The van der Waals surface area contributed by atoms with Crippen molar-refractivity contribution in [3.05, 3.63) is 64.7 Å². The standard InChI is InChI=1S/C24H22F2N4O4/c25-15-2-4-18(27-10-15)21(13-8-16(26)9-13)29-22(32)12-1-3-17-14(7-12)11-30(24(17)34)19-5-6-20(31)28-23(19)33/h1-4,7,10,13,16,19,21H,5-6,8-9,11H2,(H,29,32)(H,28,31,33)/t13?,16?,19?,21-/m0/s1. The molecule has 2 aromatic rings. The van der Waals surface area contributed by atoms with Gasteiger partial charge in [-0.25, -0.2) is 8.78 Å². The van der Waals surface area contributed by atoms with E-state index in [-0.39, 0.29) is 50.0 Å². The van der Waals surface area contributed by atoms with Crippen LogP contribution >= 0.6 is 0 Å². The molecule has 5 rings (SSSR count). The highest BCUT2D eigenvalue weighted by molar-refractivity contribution is 6.06. The predicted octanol–water partition coefficient (Wildman–Crippen LogP) is 2.20. The number of benzene rings is 1. The van der Waals surface area contributed by atoms with E-state index in [4.69, 9.17) is 0 Å². The van der Waals surface area contributed by atoms with Gasteiger partial charge in [-0.05, 0) is 61.1 Å². The van der Waals surface area contributed by atoms with Gasteiger partial charge in [-0.2, -0.15) is 0 Å². The van der Waals surface area contributed by atoms with E-state index < -0.39 is 35.9 Å². The van der Waals surface area contributed by atoms with Crippen molar-refractivity contribution in [1.82, 2.24) is 20.5 Å². The van der Waals surface area contributed by atoms with Crippen LogP contribution in [0.4, 0.5) is 8.78 Å². The van der Waals surface area contributed by atoms with Crippen molar-refractivity contribution in [2.45, 2.75) is 50.5 Å². The second kappa shape index (κ2) is 8.58. The summed E-state index contributed by atoms with van der Waals surface area (Å²) in [6, 6.07) is 6.08. The topological polar surface area (TPSA) is 108 Å². The summed E-state index contributed by atoms with van der Waals surface area (Å²) in [6.07, 6.45) is 1.09. The molecule has 1 aromatic heterocycles. The second-order valence-corrected chi connectivity index (χ2v) is 8.95. The second-order valence-electron chi connectivity index (χ2n) is 8.95. The lowest BCUT2D eigenvalue weighted by Gasteiger charge is -2.36. The number of nitrogens with one attached hydrogen (secondary N) is 2. The molecule has 2 fully saturated rings. The summed E-state index contributed by atoms with van der Waals surface area (Å²) in [4.78, 5) is 55.0. The maximum atomic E-state index is 13.5. The van der Waals surface area contributed by atoms with Gasteiger partial charge in [-0.15, -0.1) is 0 Å². The molecule has 4 amide bonds. The summed E-state index contributed by atoms with van der Waals surface area (Å²) >= 11 is 0. The molecule has 0 bridgehead atoms. The fourth-order valence-corrected chi connectivity index (χ4v) is 4.80. The Kier molecular flexibility index (Phi) is 5.59. The third-order valence-electron chi connectivity index (χ3n) is 6.73. The number of fused-ring (bicyclic) bond motifs is 1. The molecular weight excluding hydrogens is 446 g/mol. The monoisotopic (exact) mass is 468 g/mol.